The highest BCUT2D eigenvalue weighted by molar-refractivity contribution is 5.50. The number of ether oxygens (including phenoxy) is 2. The van der Waals surface area contributed by atoms with E-state index in [1.807, 2.05) is 59.5 Å². The zero-order valence-electron chi connectivity index (χ0n) is 24.5. The summed E-state index contributed by atoms with van der Waals surface area (Å²) in [6, 6.07) is 19.7. The van der Waals surface area contributed by atoms with Crippen molar-refractivity contribution in [3.05, 3.63) is 122 Å². The van der Waals surface area contributed by atoms with Crippen LogP contribution in [0.2, 0.25) is 0 Å². The van der Waals surface area contributed by atoms with Gasteiger partial charge in [-0.15, -0.1) is 0 Å². The number of anilines is 1. The van der Waals surface area contributed by atoms with E-state index in [9.17, 15) is 18.4 Å². The molecule has 1 fully saturated rings. The van der Waals surface area contributed by atoms with E-state index < -0.39 is 28.9 Å². The predicted molar refractivity (Wildman–Crippen MR) is 164 cm³/mol. The Morgan fingerprint density at radius 3 is 2.23 bits per heavy atom. The molecule has 230 valence electrons. The SMILES string of the molecule is Cc1c(N2CCN(CC3COc4ccccc4O3)CC2)c(=O)n(C[C@H](N)c2ccccc2)c(=O)n1Cc1c(F)cccc1F. The number of piperazine rings is 1. The summed E-state index contributed by atoms with van der Waals surface area (Å²) < 4.78 is 43.8. The Labute approximate surface area is 253 Å². The second-order valence-electron chi connectivity index (χ2n) is 11.2. The molecule has 0 amide bonds. The van der Waals surface area contributed by atoms with Crippen molar-refractivity contribution in [2.75, 3.05) is 44.2 Å². The quantitative estimate of drug-likeness (QED) is 0.330. The highest BCUT2D eigenvalue weighted by Crippen LogP contribution is 2.31. The standard InChI is InChI=1S/C33H35F2N5O4/c1-22-31(38-16-14-37(15-17-38)18-24-21-43-29-12-5-6-13-30(29)44-24)32(41)40(20-28(36)23-8-3-2-4-9-23)33(42)39(22)19-25-26(34)10-7-11-27(25)35/h2-13,24,28H,14-21,36H2,1H3/t24?,28-/m0/s1. The van der Waals surface area contributed by atoms with Crippen LogP contribution in [0.25, 0.3) is 0 Å². The van der Waals surface area contributed by atoms with E-state index in [4.69, 9.17) is 15.2 Å². The zero-order chi connectivity index (χ0) is 30.8. The summed E-state index contributed by atoms with van der Waals surface area (Å²) >= 11 is 0. The minimum absolute atomic E-state index is 0.0881. The molecule has 1 aromatic heterocycles. The summed E-state index contributed by atoms with van der Waals surface area (Å²) in [5.41, 5.74) is 6.50. The molecule has 0 saturated carbocycles. The van der Waals surface area contributed by atoms with E-state index in [-0.39, 0.29) is 24.8 Å². The van der Waals surface area contributed by atoms with Crippen molar-refractivity contribution < 1.29 is 18.3 Å². The lowest BCUT2D eigenvalue weighted by Crippen LogP contribution is -2.53. The minimum Gasteiger partial charge on any atom is -0.486 e. The van der Waals surface area contributed by atoms with Gasteiger partial charge in [-0.3, -0.25) is 18.8 Å². The van der Waals surface area contributed by atoms with Crippen molar-refractivity contribution in [2.45, 2.75) is 32.2 Å². The van der Waals surface area contributed by atoms with Crippen molar-refractivity contribution in [2.24, 2.45) is 5.73 Å². The maximum Gasteiger partial charge on any atom is 0.331 e. The summed E-state index contributed by atoms with van der Waals surface area (Å²) in [5, 5.41) is 0. The van der Waals surface area contributed by atoms with Gasteiger partial charge in [0, 0.05) is 50.0 Å². The van der Waals surface area contributed by atoms with Crippen molar-refractivity contribution >= 4 is 5.69 Å². The third-order valence-electron chi connectivity index (χ3n) is 8.36. The molecule has 1 unspecified atom stereocenters. The lowest BCUT2D eigenvalue weighted by atomic mass is 10.1. The van der Waals surface area contributed by atoms with E-state index in [1.165, 1.54) is 10.6 Å². The molecule has 0 radical (unpaired) electrons. The molecule has 0 aliphatic carbocycles. The Hall–Kier alpha value is -4.48. The van der Waals surface area contributed by atoms with Crippen molar-refractivity contribution in [1.82, 2.24) is 14.0 Å². The van der Waals surface area contributed by atoms with Gasteiger partial charge >= 0.3 is 5.69 Å². The first kappa shape index (κ1) is 29.6. The fourth-order valence-corrected chi connectivity index (χ4v) is 5.94. The Morgan fingerprint density at radius 1 is 0.864 bits per heavy atom. The molecule has 44 heavy (non-hydrogen) atoms. The Balaban J connectivity index is 1.27. The molecule has 2 aliphatic rings. The van der Waals surface area contributed by atoms with Crippen molar-refractivity contribution in [1.29, 1.82) is 0 Å². The fraction of sp³-hybridized carbons (Fsp3) is 0.333. The van der Waals surface area contributed by atoms with E-state index in [1.54, 1.807) is 6.92 Å². The van der Waals surface area contributed by atoms with Gasteiger partial charge in [-0.25, -0.2) is 13.6 Å². The van der Waals surface area contributed by atoms with Crippen LogP contribution in [0.1, 0.15) is 22.9 Å². The number of hydrogen-bond acceptors (Lipinski definition) is 7. The normalized spacial score (nSPS) is 17.5. The molecule has 11 heteroatoms. The Bertz CT molecular complexity index is 1730. The van der Waals surface area contributed by atoms with Gasteiger partial charge in [0.25, 0.3) is 5.56 Å². The molecule has 2 aliphatic heterocycles. The van der Waals surface area contributed by atoms with Crippen LogP contribution in [0.4, 0.5) is 14.5 Å². The molecule has 6 rings (SSSR count). The molecule has 0 bridgehead atoms. The molecule has 4 aromatic rings. The third kappa shape index (κ3) is 5.97. The predicted octanol–water partition coefficient (Wildman–Crippen LogP) is 3.31. The number of hydrogen-bond donors (Lipinski definition) is 1. The lowest BCUT2D eigenvalue weighted by Gasteiger charge is -2.38. The summed E-state index contributed by atoms with van der Waals surface area (Å²) in [7, 11) is 0. The van der Waals surface area contributed by atoms with Crippen LogP contribution in [0.15, 0.2) is 82.4 Å². The largest absolute Gasteiger partial charge is 0.486 e. The first-order chi connectivity index (χ1) is 21.3. The summed E-state index contributed by atoms with van der Waals surface area (Å²) in [5.74, 6) is -0.0676. The summed E-state index contributed by atoms with van der Waals surface area (Å²) in [4.78, 5) is 32.0. The molecule has 3 heterocycles. The van der Waals surface area contributed by atoms with Gasteiger partial charge in [-0.05, 0) is 36.8 Å². The van der Waals surface area contributed by atoms with E-state index in [0.717, 1.165) is 33.8 Å². The number of halogens is 2. The first-order valence-electron chi connectivity index (χ1n) is 14.7. The van der Waals surface area contributed by atoms with E-state index in [0.29, 0.717) is 50.7 Å². The van der Waals surface area contributed by atoms with Crippen molar-refractivity contribution in [3.8, 4) is 11.5 Å². The monoisotopic (exact) mass is 603 g/mol. The van der Waals surface area contributed by atoms with Gasteiger partial charge < -0.3 is 20.1 Å². The van der Waals surface area contributed by atoms with Gasteiger partial charge in [-0.2, -0.15) is 0 Å². The third-order valence-corrected chi connectivity index (χ3v) is 8.36. The molecule has 1 saturated heterocycles. The number of nitrogens with zero attached hydrogens (tertiary/aromatic N) is 4. The number of para-hydroxylation sites is 2. The first-order valence-corrected chi connectivity index (χ1v) is 14.7. The number of fused-ring (bicyclic) bond motifs is 1. The van der Waals surface area contributed by atoms with Gasteiger partial charge in [0.1, 0.15) is 30.0 Å². The number of aromatic nitrogens is 2. The van der Waals surface area contributed by atoms with Crippen molar-refractivity contribution in [3.63, 3.8) is 0 Å². The molecular formula is C33H35F2N5O4. The minimum atomic E-state index is -0.762. The average Bonchev–Trinajstić information content (AvgIpc) is 3.03. The van der Waals surface area contributed by atoms with Gasteiger partial charge in [0.15, 0.2) is 11.5 Å². The number of rotatable bonds is 8. The van der Waals surface area contributed by atoms with Gasteiger partial charge in [0.05, 0.1) is 13.1 Å². The van der Waals surface area contributed by atoms with Crippen LogP contribution in [-0.2, 0) is 13.1 Å². The van der Waals surface area contributed by atoms with Crippen LogP contribution in [0.3, 0.4) is 0 Å². The molecule has 0 spiro atoms. The maximum atomic E-state index is 14.7. The van der Waals surface area contributed by atoms with Crippen LogP contribution >= 0.6 is 0 Å². The number of nitrogens with two attached hydrogens (primary N) is 1. The lowest BCUT2D eigenvalue weighted by molar-refractivity contribution is 0.0571. The average molecular weight is 604 g/mol. The van der Waals surface area contributed by atoms with Crippen LogP contribution in [-0.4, -0.2) is 59.5 Å². The van der Waals surface area contributed by atoms with Gasteiger partial charge in [-0.1, -0.05) is 48.5 Å². The second kappa shape index (κ2) is 12.6. The molecule has 2 N–H and O–H groups in total. The summed E-state index contributed by atoms with van der Waals surface area (Å²) in [6.07, 6.45) is -0.132. The smallest absolute Gasteiger partial charge is 0.331 e. The van der Waals surface area contributed by atoms with Crippen LogP contribution < -0.4 is 31.4 Å². The highest BCUT2D eigenvalue weighted by Gasteiger charge is 2.29. The number of benzene rings is 3. The molecule has 9 nitrogen and oxygen atoms in total. The van der Waals surface area contributed by atoms with E-state index >= 15 is 0 Å². The molecular weight excluding hydrogens is 568 g/mol. The fourth-order valence-electron chi connectivity index (χ4n) is 5.94. The van der Waals surface area contributed by atoms with Gasteiger partial charge in [0.2, 0.25) is 0 Å². The molecule has 3 aromatic carbocycles. The zero-order valence-corrected chi connectivity index (χ0v) is 24.5. The van der Waals surface area contributed by atoms with Crippen LogP contribution in [0.5, 0.6) is 11.5 Å². The summed E-state index contributed by atoms with van der Waals surface area (Å²) in [6.45, 7) is 4.61. The topological polar surface area (TPSA) is 95.0 Å². The van der Waals surface area contributed by atoms with E-state index in [2.05, 4.69) is 4.90 Å². The Kier molecular flexibility index (Phi) is 8.49. The highest BCUT2D eigenvalue weighted by atomic mass is 19.1. The maximum absolute atomic E-state index is 14.7. The molecule has 2 atom stereocenters. The Morgan fingerprint density at radius 2 is 1.52 bits per heavy atom. The van der Waals surface area contributed by atoms with Crippen LogP contribution in [0, 0.1) is 18.6 Å². The second-order valence-corrected chi connectivity index (χ2v) is 11.2.